The summed E-state index contributed by atoms with van der Waals surface area (Å²) in [5.41, 5.74) is 4.93. The molecule has 2 heterocycles. The van der Waals surface area contributed by atoms with Crippen molar-refractivity contribution in [3.8, 4) is 22.8 Å². The Labute approximate surface area is 189 Å². The first kappa shape index (κ1) is 21.5. The number of aryl methyl sites for hydroxylation is 2. The van der Waals surface area contributed by atoms with Gasteiger partial charge in [-0.15, -0.1) is 10.2 Å². The summed E-state index contributed by atoms with van der Waals surface area (Å²) in [6.45, 7) is 4.13. The standard InChI is InChI=1S/C23H21N5O3S/c1-15-4-5-19(12-16(15)2)27-22(17-8-10-24-11-9-17)25-26-23(27)32-14-18-13-20(28(29)30)6-7-21(18)31-3/h4-13H,14H2,1-3H3. The van der Waals surface area contributed by atoms with Crippen molar-refractivity contribution in [2.75, 3.05) is 7.11 Å². The molecule has 0 amide bonds. The molecule has 0 unspecified atom stereocenters. The molecule has 0 saturated heterocycles. The predicted molar refractivity (Wildman–Crippen MR) is 123 cm³/mol. The maximum absolute atomic E-state index is 11.2. The van der Waals surface area contributed by atoms with Gasteiger partial charge in [-0.05, 0) is 55.3 Å². The highest BCUT2D eigenvalue weighted by Crippen LogP contribution is 2.33. The molecule has 9 heteroatoms. The Morgan fingerprint density at radius 2 is 1.81 bits per heavy atom. The highest BCUT2D eigenvalue weighted by atomic mass is 32.2. The molecule has 4 aromatic rings. The monoisotopic (exact) mass is 447 g/mol. The van der Waals surface area contributed by atoms with Crippen molar-refractivity contribution in [3.05, 3.63) is 87.7 Å². The second-order valence-corrected chi connectivity index (χ2v) is 8.13. The zero-order valence-electron chi connectivity index (χ0n) is 17.8. The highest BCUT2D eigenvalue weighted by Gasteiger charge is 2.18. The van der Waals surface area contributed by atoms with Crippen molar-refractivity contribution < 1.29 is 9.66 Å². The van der Waals surface area contributed by atoms with Gasteiger partial charge < -0.3 is 4.74 Å². The molecule has 8 nitrogen and oxygen atoms in total. The third kappa shape index (κ3) is 4.33. The molecule has 0 N–H and O–H groups in total. The van der Waals surface area contributed by atoms with Gasteiger partial charge in [0.2, 0.25) is 0 Å². The summed E-state index contributed by atoms with van der Waals surface area (Å²) in [6, 6.07) is 14.6. The Balaban J connectivity index is 1.75. The van der Waals surface area contributed by atoms with Gasteiger partial charge in [0.1, 0.15) is 5.75 Å². The molecular weight excluding hydrogens is 426 g/mol. The summed E-state index contributed by atoms with van der Waals surface area (Å²) in [5, 5.41) is 20.8. The van der Waals surface area contributed by atoms with Crippen LogP contribution in [0.1, 0.15) is 16.7 Å². The lowest BCUT2D eigenvalue weighted by Crippen LogP contribution is -2.01. The number of nitrogens with zero attached hydrogens (tertiary/aromatic N) is 5. The van der Waals surface area contributed by atoms with E-state index in [-0.39, 0.29) is 5.69 Å². The lowest BCUT2D eigenvalue weighted by molar-refractivity contribution is -0.384. The molecule has 0 fully saturated rings. The van der Waals surface area contributed by atoms with Crippen molar-refractivity contribution in [1.82, 2.24) is 19.7 Å². The van der Waals surface area contributed by atoms with Crippen LogP contribution in [0.2, 0.25) is 0 Å². The summed E-state index contributed by atoms with van der Waals surface area (Å²) in [4.78, 5) is 14.9. The normalized spacial score (nSPS) is 10.8. The molecule has 0 radical (unpaired) electrons. The fourth-order valence-electron chi connectivity index (χ4n) is 3.28. The van der Waals surface area contributed by atoms with Crippen LogP contribution < -0.4 is 4.74 Å². The van der Waals surface area contributed by atoms with Crippen LogP contribution in [0.15, 0.2) is 66.1 Å². The number of nitro benzene ring substituents is 1. The quantitative estimate of drug-likeness (QED) is 0.219. The molecule has 4 rings (SSSR count). The number of ether oxygens (including phenoxy) is 1. The topological polar surface area (TPSA) is 96.0 Å². The Bertz CT molecular complexity index is 1270. The summed E-state index contributed by atoms with van der Waals surface area (Å²) in [7, 11) is 1.55. The molecule has 0 bridgehead atoms. The van der Waals surface area contributed by atoms with Crippen LogP contribution in [0.4, 0.5) is 5.69 Å². The highest BCUT2D eigenvalue weighted by molar-refractivity contribution is 7.98. The minimum absolute atomic E-state index is 0.0227. The number of hydrogen-bond acceptors (Lipinski definition) is 7. The van der Waals surface area contributed by atoms with Gasteiger partial charge in [-0.3, -0.25) is 19.7 Å². The first-order chi connectivity index (χ1) is 15.5. The molecule has 0 saturated carbocycles. The van der Waals surface area contributed by atoms with E-state index in [1.165, 1.54) is 29.5 Å². The minimum atomic E-state index is -0.410. The smallest absolute Gasteiger partial charge is 0.270 e. The first-order valence-electron chi connectivity index (χ1n) is 9.85. The maximum atomic E-state index is 11.2. The number of non-ortho nitro benzene ring substituents is 1. The van der Waals surface area contributed by atoms with Gasteiger partial charge in [0.15, 0.2) is 11.0 Å². The number of methoxy groups -OCH3 is 1. The van der Waals surface area contributed by atoms with E-state index in [0.717, 1.165) is 16.8 Å². The fraction of sp³-hybridized carbons (Fsp3) is 0.174. The summed E-state index contributed by atoms with van der Waals surface area (Å²) >= 11 is 1.44. The summed E-state index contributed by atoms with van der Waals surface area (Å²) in [5.74, 6) is 1.73. The number of hydrogen-bond donors (Lipinski definition) is 0. The molecule has 0 spiro atoms. The zero-order valence-corrected chi connectivity index (χ0v) is 18.7. The van der Waals surface area contributed by atoms with E-state index in [0.29, 0.717) is 28.0 Å². The van der Waals surface area contributed by atoms with Crippen molar-refractivity contribution in [2.45, 2.75) is 24.8 Å². The lowest BCUT2D eigenvalue weighted by atomic mass is 10.1. The van der Waals surface area contributed by atoms with E-state index in [2.05, 4.69) is 41.2 Å². The van der Waals surface area contributed by atoms with Crippen molar-refractivity contribution >= 4 is 17.4 Å². The van der Waals surface area contributed by atoms with Crippen molar-refractivity contribution in [3.63, 3.8) is 0 Å². The average Bonchev–Trinajstić information content (AvgIpc) is 3.23. The van der Waals surface area contributed by atoms with Gasteiger partial charge in [-0.25, -0.2) is 0 Å². The Morgan fingerprint density at radius 3 is 2.50 bits per heavy atom. The van der Waals surface area contributed by atoms with E-state index in [1.807, 2.05) is 22.8 Å². The summed E-state index contributed by atoms with van der Waals surface area (Å²) < 4.78 is 7.40. The van der Waals surface area contributed by atoms with E-state index in [1.54, 1.807) is 25.6 Å². The first-order valence-corrected chi connectivity index (χ1v) is 10.8. The number of benzene rings is 2. The Kier molecular flexibility index (Phi) is 6.18. The minimum Gasteiger partial charge on any atom is -0.496 e. The maximum Gasteiger partial charge on any atom is 0.270 e. The third-order valence-electron chi connectivity index (χ3n) is 5.15. The van der Waals surface area contributed by atoms with E-state index >= 15 is 0 Å². The molecule has 2 aromatic carbocycles. The zero-order chi connectivity index (χ0) is 22.7. The van der Waals surface area contributed by atoms with Crippen LogP contribution in [0.3, 0.4) is 0 Å². The van der Waals surface area contributed by atoms with Crippen LogP contribution in [-0.4, -0.2) is 31.8 Å². The van der Waals surface area contributed by atoms with Gasteiger partial charge in [0.05, 0.1) is 17.7 Å². The molecule has 0 atom stereocenters. The number of pyridine rings is 1. The van der Waals surface area contributed by atoms with Crippen LogP contribution in [0.5, 0.6) is 5.75 Å². The molecule has 0 aliphatic rings. The second-order valence-electron chi connectivity index (χ2n) is 7.19. The number of aromatic nitrogens is 4. The van der Waals surface area contributed by atoms with Gasteiger partial charge in [0.25, 0.3) is 5.69 Å². The lowest BCUT2D eigenvalue weighted by Gasteiger charge is -2.13. The number of nitro groups is 1. The van der Waals surface area contributed by atoms with E-state index in [4.69, 9.17) is 4.74 Å². The SMILES string of the molecule is COc1ccc([N+](=O)[O-])cc1CSc1nnc(-c2ccncc2)n1-c1ccc(C)c(C)c1. The third-order valence-corrected chi connectivity index (χ3v) is 6.13. The largest absolute Gasteiger partial charge is 0.496 e. The molecule has 0 aliphatic carbocycles. The number of rotatable bonds is 7. The molecule has 2 aromatic heterocycles. The van der Waals surface area contributed by atoms with E-state index in [9.17, 15) is 10.1 Å². The fourth-order valence-corrected chi connectivity index (χ4v) is 4.21. The molecule has 162 valence electrons. The van der Waals surface area contributed by atoms with Gasteiger partial charge >= 0.3 is 0 Å². The molecular formula is C23H21N5O3S. The predicted octanol–water partition coefficient (Wildman–Crippen LogP) is 5.16. The van der Waals surface area contributed by atoms with Gasteiger partial charge in [-0.2, -0.15) is 0 Å². The van der Waals surface area contributed by atoms with Crippen molar-refractivity contribution in [1.29, 1.82) is 0 Å². The van der Waals surface area contributed by atoms with Gasteiger partial charge in [0, 0.05) is 41.4 Å². The Morgan fingerprint density at radius 1 is 1.03 bits per heavy atom. The van der Waals surface area contributed by atoms with Crippen LogP contribution in [0.25, 0.3) is 17.1 Å². The average molecular weight is 448 g/mol. The van der Waals surface area contributed by atoms with Crippen LogP contribution >= 0.6 is 11.8 Å². The molecule has 0 aliphatic heterocycles. The summed E-state index contributed by atoms with van der Waals surface area (Å²) in [6.07, 6.45) is 3.44. The van der Waals surface area contributed by atoms with E-state index < -0.39 is 4.92 Å². The molecule has 32 heavy (non-hydrogen) atoms. The van der Waals surface area contributed by atoms with Crippen molar-refractivity contribution in [2.24, 2.45) is 0 Å². The van der Waals surface area contributed by atoms with Gasteiger partial charge in [-0.1, -0.05) is 17.8 Å². The van der Waals surface area contributed by atoms with Crippen LogP contribution in [-0.2, 0) is 5.75 Å². The number of thioether (sulfide) groups is 1. The second kappa shape index (κ2) is 9.19. The van der Waals surface area contributed by atoms with Crippen LogP contribution in [0, 0.1) is 24.0 Å². The Hall–Kier alpha value is -3.72.